The molecule has 1 aliphatic heterocycles. The van der Waals surface area contributed by atoms with E-state index in [0.29, 0.717) is 23.8 Å². The van der Waals surface area contributed by atoms with Gasteiger partial charge in [0.25, 0.3) is 17.7 Å². The zero-order valence-corrected chi connectivity index (χ0v) is 14.0. The summed E-state index contributed by atoms with van der Waals surface area (Å²) in [5.41, 5.74) is 2.56. The van der Waals surface area contributed by atoms with Crippen LogP contribution in [-0.4, -0.2) is 22.7 Å². The van der Waals surface area contributed by atoms with E-state index < -0.39 is 5.91 Å². The Morgan fingerprint density at radius 1 is 1.17 bits per heavy atom. The van der Waals surface area contributed by atoms with Gasteiger partial charge in [-0.25, -0.2) is 0 Å². The fourth-order valence-corrected chi connectivity index (χ4v) is 3.83. The van der Waals surface area contributed by atoms with Crippen molar-refractivity contribution in [2.45, 2.75) is 26.2 Å². The Labute approximate surface area is 143 Å². The second kappa shape index (κ2) is 6.13. The number of hydrogen-bond acceptors (Lipinski definition) is 3. The van der Waals surface area contributed by atoms with Crippen LogP contribution in [0.4, 0.5) is 0 Å². The van der Waals surface area contributed by atoms with Gasteiger partial charge in [0.2, 0.25) is 0 Å². The topological polar surface area (TPSA) is 66.5 Å². The highest BCUT2D eigenvalue weighted by molar-refractivity contribution is 6.36. The highest BCUT2D eigenvalue weighted by atomic mass is 35.5. The van der Waals surface area contributed by atoms with Crippen LogP contribution in [0, 0.1) is 17.8 Å². The summed E-state index contributed by atoms with van der Waals surface area (Å²) in [6.07, 6.45) is 2.29. The smallest absolute Gasteiger partial charge is 0.271 e. The normalized spacial score (nSPS) is 27.1. The maximum atomic E-state index is 12.4. The summed E-state index contributed by atoms with van der Waals surface area (Å²) in [4.78, 5) is 37.1. The van der Waals surface area contributed by atoms with Crippen LogP contribution in [0.2, 0.25) is 10.0 Å². The van der Waals surface area contributed by atoms with E-state index in [4.69, 9.17) is 23.2 Å². The van der Waals surface area contributed by atoms with Gasteiger partial charge in [0.15, 0.2) is 0 Å². The van der Waals surface area contributed by atoms with Gasteiger partial charge in [-0.1, -0.05) is 30.1 Å². The molecule has 1 saturated heterocycles. The predicted octanol–water partition coefficient (Wildman–Crippen LogP) is 3.06. The third kappa shape index (κ3) is 2.95. The van der Waals surface area contributed by atoms with E-state index in [9.17, 15) is 14.4 Å². The van der Waals surface area contributed by atoms with Gasteiger partial charge in [-0.3, -0.25) is 19.8 Å². The van der Waals surface area contributed by atoms with E-state index in [1.807, 2.05) is 0 Å². The second-order valence-corrected chi connectivity index (χ2v) is 7.05. The van der Waals surface area contributed by atoms with Crippen molar-refractivity contribution in [2.24, 2.45) is 17.8 Å². The van der Waals surface area contributed by atoms with Crippen LogP contribution in [0.25, 0.3) is 0 Å². The second-order valence-electron chi connectivity index (χ2n) is 6.21. The van der Waals surface area contributed by atoms with Crippen molar-refractivity contribution >= 4 is 40.9 Å². The minimum absolute atomic E-state index is 0.167. The molecule has 1 aromatic rings. The molecule has 0 unspecified atom stereocenters. The summed E-state index contributed by atoms with van der Waals surface area (Å²) in [5, 5.41) is 1.43. The minimum atomic E-state index is -0.597. The van der Waals surface area contributed by atoms with Crippen molar-refractivity contribution in [1.82, 2.24) is 10.4 Å². The molecule has 7 heteroatoms. The third-order valence-electron chi connectivity index (χ3n) is 4.58. The van der Waals surface area contributed by atoms with E-state index in [-0.39, 0.29) is 34.2 Å². The largest absolute Gasteiger partial charge is 0.272 e. The summed E-state index contributed by atoms with van der Waals surface area (Å²) in [5.74, 6) is -1.49. The summed E-state index contributed by atoms with van der Waals surface area (Å²) in [6, 6.07) is 4.42. The lowest BCUT2D eigenvalue weighted by atomic mass is 9.76. The zero-order valence-electron chi connectivity index (χ0n) is 12.5. The number of carbonyl (C=O) groups is 3. The molecule has 1 aliphatic carbocycles. The average molecular weight is 355 g/mol. The van der Waals surface area contributed by atoms with Crippen molar-refractivity contribution in [3.63, 3.8) is 0 Å². The first-order valence-corrected chi connectivity index (χ1v) is 8.28. The molecule has 5 nitrogen and oxygen atoms in total. The highest BCUT2D eigenvalue weighted by Crippen LogP contribution is 2.39. The first-order valence-electron chi connectivity index (χ1n) is 7.52. The van der Waals surface area contributed by atoms with Crippen LogP contribution in [0.1, 0.15) is 36.5 Å². The quantitative estimate of drug-likeness (QED) is 0.830. The molecular weight excluding hydrogens is 339 g/mol. The predicted molar refractivity (Wildman–Crippen MR) is 85.8 cm³/mol. The molecule has 1 N–H and O–H groups in total. The molecule has 2 fully saturated rings. The number of hydrazine groups is 1. The first-order chi connectivity index (χ1) is 10.9. The fraction of sp³-hybridized carbons (Fsp3) is 0.438. The Morgan fingerprint density at radius 3 is 2.57 bits per heavy atom. The van der Waals surface area contributed by atoms with Crippen molar-refractivity contribution < 1.29 is 14.4 Å². The van der Waals surface area contributed by atoms with Crippen LogP contribution < -0.4 is 5.43 Å². The molecule has 1 aromatic carbocycles. The highest BCUT2D eigenvalue weighted by Gasteiger charge is 2.50. The van der Waals surface area contributed by atoms with Crippen LogP contribution >= 0.6 is 23.2 Å². The van der Waals surface area contributed by atoms with Gasteiger partial charge < -0.3 is 0 Å². The molecule has 0 aromatic heterocycles. The molecule has 0 spiro atoms. The van der Waals surface area contributed by atoms with Crippen LogP contribution in [0.3, 0.4) is 0 Å². The summed E-state index contributed by atoms with van der Waals surface area (Å²) >= 11 is 11.8. The van der Waals surface area contributed by atoms with Gasteiger partial charge in [-0.05, 0) is 43.4 Å². The molecule has 1 saturated carbocycles. The third-order valence-corrected chi connectivity index (χ3v) is 5.12. The molecule has 3 atom stereocenters. The van der Waals surface area contributed by atoms with Crippen LogP contribution in [0.15, 0.2) is 18.2 Å². The lowest BCUT2D eigenvalue weighted by Gasteiger charge is -2.25. The number of benzene rings is 1. The van der Waals surface area contributed by atoms with Crippen molar-refractivity contribution in [1.29, 1.82) is 0 Å². The number of hydrogen-bond donors (Lipinski definition) is 1. The number of nitrogens with one attached hydrogen (secondary N) is 1. The Kier molecular flexibility index (Phi) is 4.34. The van der Waals surface area contributed by atoms with Gasteiger partial charge in [-0.2, -0.15) is 5.01 Å². The number of amides is 3. The van der Waals surface area contributed by atoms with E-state index in [2.05, 4.69) is 12.3 Å². The summed E-state index contributed by atoms with van der Waals surface area (Å²) < 4.78 is 0. The standard InChI is InChI=1S/C16H16Cl2N2O3/c1-8-2-4-10-12(6-8)16(23)20(15(10)22)19-14(21)11-5-3-9(17)7-13(11)18/h3,5,7-8,10,12H,2,4,6H2,1H3,(H,19,21)/t8-,10-,12-/m1/s1. The van der Waals surface area contributed by atoms with E-state index >= 15 is 0 Å². The van der Waals surface area contributed by atoms with Crippen molar-refractivity contribution in [3.8, 4) is 0 Å². The molecule has 0 bridgehead atoms. The number of carbonyl (C=O) groups excluding carboxylic acids is 3. The van der Waals surface area contributed by atoms with E-state index in [0.717, 1.165) is 11.4 Å². The van der Waals surface area contributed by atoms with Gasteiger partial charge >= 0.3 is 0 Å². The molecule has 3 rings (SSSR count). The zero-order chi connectivity index (χ0) is 16.7. The maximum Gasteiger partial charge on any atom is 0.271 e. The van der Waals surface area contributed by atoms with Crippen LogP contribution in [0.5, 0.6) is 0 Å². The Morgan fingerprint density at radius 2 is 1.87 bits per heavy atom. The molecule has 122 valence electrons. The van der Waals surface area contributed by atoms with Crippen molar-refractivity contribution in [2.75, 3.05) is 0 Å². The molecule has 0 radical (unpaired) electrons. The Bertz CT molecular complexity index is 692. The summed E-state index contributed by atoms with van der Waals surface area (Å²) in [7, 11) is 0. The minimum Gasteiger partial charge on any atom is -0.272 e. The lowest BCUT2D eigenvalue weighted by molar-refractivity contribution is -0.142. The van der Waals surface area contributed by atoms with Crippen LogP contribution in [-0.2, 0) is 9.59 Å². The number of nitrogens with zero attached hydrogens (tertiary/aromatic N) is 1. The summed E-state index contributed by atoms with van der Waals surface area (Å²) in [6.45, 7) is 2.07. The first kappa shape index (κ1) is 16.3. The SMILES string of the molecule is C[C@@H]1CC[C@H]2C(=O)N(NC(=O)c3ccc(Cl)cc3Cl)C(=O)[C@@H]2C1. The van der Waals surface area contributed by atoms with Gasteiger partial charge in [0.1, 0.15) is 0 Å². The molecule has 23 heavy (non-hydrogen) atoms. The maximum absolute atomic E-state index is 12.4. The Balaban J connectivity index is 1.78. The van der Waals surface area contributed by atoms with E-state index in [1.54, 1.807) is 0 Å². The number of halogens is 2. The molecule has 1 heterocycles. The number of fused-ring (bicyclic) bond motifs is 1. The lowest BCUT2D eigenvalue weighted by Crippen LogP contribution is -2.46. The number of imide groups is 1. The monoisotopic (exact) mass is 354 g/mol. The van der Waals surface area contributed by atoms with Gasteiger partial charge in [0, 0.05) is 5.02 Å². The Hall–Kier alpha value is -1.59. The van der Waals surface area contributed by atoms with Gasteiger partial charge in [0.05, 0.1) is 22.4 Å². The number of rotatable bonds is 2. The fourth-order valence-electron chi connectivity index (χ4n) is 3.34. The average Bonchev–Trinajstić information content (AvgIpc) is 2.72. The molecule has 3 amide bonds. The molecule has 2 aliphatic rings. The van der Waals surface area contributed by atoms with E-state index in [1.165, 1.54) is 18.2 Å². The van der Waals surface area contributed by atoms with Gasteiger partial charge in [-0.15, -0.1) is 0 Å². The molecular formula is C16H16Cl2N2O3. The van der Waals surface area contributed by atoms with Crippen molar-refractivity contribution in [3.05, 3.63) is 33.8 Å².